The summed E-state index contributed by atoms with van der Waals surface area (Å²) in [6.45, 7) is 10.6. The van der Waals surface area contributed by atoms with Gasteiger partial charge in [0, 0.05) is 5.92 Å². The smallest absolute Gasteiger partial charge is 0.335 e. The van der Waals surface area contributed by atoms with Crippen molar-refractivity contribution in [2.45, 2.75) is 72.6 Å². The Bertz CT molecular complexity index is 1050. The van der Waals surface area contributed by atoms with E-state index in [-0.39, 0.29) is 31.3 Å². The Morgan fingerprint density at radius 1 is 0.775 bits per heavy atom. The van der Waals surface area contributed by atoms with E-state index in [1.807, 2.05) is 0 Å². The molecule has 2 aromatic carbocycles. The molecule has 0 bridgehead atoms. The van der Waals surface area contributed by atoms with E-state index in [1.54, 1.807) is 13.8 Å². The van der Waals surface area contributed by atoms with E-state index in [0.29, 0.717) is 6.42 Å². The van der Waals surface area contributed by atoms with Gasteiger partial charge in [-0.3, -0.25) is 4.79 Å². The molecular weight excluding hydrogens is 504 g/mol. The summed E-state index contributed by atoms with van der Waals surface area (Å²) in [4.78, 5) is 24.3. The number of esters is 2. The first kappa shape index (κ1) is 33.2. The number of rotatable bonds is 18. The second kappa shape index (κ2) is 17.0. The minimum absolute atomic E-state index is 0.0228. The van der Waals surface area contributed by atoms with Crippen LogP contribution in [0.25, 0.3) is 0 Å². The summed E-state index contributed by atoms with van der Waals surface area (Å²) in [6.07, 6.45) is 6.97. The van der Waals surface area contributed by atoms with Crippen LogP contribution in [0.2, 0.25) is 0 Å². The van der Waals surface area contributed by atoms with Gasteiger partial charge >= 0.3 is 11.9 Å². The van der Waals surface area contributed by atoms with Crippen LogP contribution in [0.5, 0.6) is 0 Å². The van der Waals surface area contributed by atoms with Gasteiger partial charge in [-0.1, -0.05) is 75.4 Å². The number of aryl methyl sites for hydroxylation is 4. The number of aliphatic hydroxyl groups excluding tert-OH is 2. The van der Waals surface area contributed by atoms with E-state index in [4.69, 9.17) is 14.6 Å². The van der Waals surface area contributed by atoms with Crippen LogP contribution >= 0.6 is 0 Å². The summed E-state index contributed by atoms with van der Waals surface area (Å²) in [7, 11) is 0. The molecule has 1 atom stereocenters. The molecule has 0 fully saturated rings. The maximum Gasteiger partial charge on any atom is 0.335 e. The van der Waals surface area contributed by atoms with Crippen LogP contribution in [0, 0.1) is 17.3 Å². The summed E-state index contributed by atoms with van der Waals surface area (Å²) in [5.74, 6) is -0.650. The van der Waals surface area contributed by atoms with Crippen molar-refractivity contribution in [1.82, 2.24) is 0 Å². The Morgan fingerprint density at radius 2 is 1.25 bits per heavy atom. The molecule has 2 aromatic rings. The van der Waals surface area contributed by atoms with E-state index in [9.17, 15) is 14.7 Å². The number of hydrogen-bond acceptors (Lipinski definition) is 6. The number of carbonyl (C=O) groups excluding carboxylic acids is 2. The van der Waals surface area contributed by atoms with Crippen molar-refractivity contribution in [3.8, 4) is 0 Å². The van der Waals surface area contributed by atoms with Crippen LogP contribution in [-0.2, 0) is 44.7 Å². The fourth-order valence-electron chi connectivity index (χ4n) is 4.15. The molecule has 2 N–H and O–H groups in total. The third kappa shape index (κ3) is 12.1. The minimum atomic E-state index is -1.00. The Balaban J connectivity index is 1.87. The predicted molar refractivity (Wildman–Crippen MR) is 159 cm³/mol. The van der Waals surface area contributed by atoms with Gasteiger partial charge in [0.1, 0.15) is 0 Å². The molecule has 220 valence electrons. The fraction of sp³-hybridized carbons (Fsp3) is 0.529. The molecule has 0 aliphatic heterocycles. The standard InChI is InChI=1S/C34H48O6/c1-25(2)7-6-8-27-9-11-28(12-10-27)13-14-29-15-17-30(18-16-29)19-20-31(22-39-32(37)26(3)21-35)23-40-33(38)34(4,5)24-36/h9-12,15-18,25,31,35-36H,3,6-8,13-14,19-24H2,1-2,4-5H3. The van der Waals surface area contributed by atoms with Crippen molar-refractivity contribution in [1.29, 1.82) is 0 Å². The minimum Gasteiger partial charge on any atom is -0.465 e. The van der Waals surface area contributed by atoms with Crippen LogP contribution in [0.4, 0.5) is 0 Å². The molecule has 0 amide bonds. The van der Waals surface area contributed by atoms with Crippen molar-refractivity contribution in [2.75, 3.05) is 26.4 Å². The molecular formula is C34H48O6. The highest BCUT2D eigenvalue weighted by molar-refractivity contribution is 5.87. The lowest BCUT2D eigenvalue weighted by atomic mass is 9.95. The van der Waals surface area contributed by atoms with Crippen LogP contribution in [-0.4, -0.2) is 48.6 Å². The van der Waals surface area contributed by atoms with Crippen LogP contribution in [0.3, 0.4) is 0 Å². The Morgan fingerprint density at radius 3 is 1.73 bits per heavy atom. The molecule has 2 rings (SSSR count). The van der Waals surface area contributed by atoms with Crippen molar-refractivity contribution in [3.05, 3.63) is 82.9 Å². The molecule has 6 nitrogen and oxygen atoms in total. The second-order valence-electron chi connectivity index (χ2n) is 11.8. The molecule has 6 heteroatoms. The van der Waals surface area contributed by atoms with Crippen molar-refractivity contribution in [3.63, 3.8) is 0 Å². The first-order valence-electron chi connectivity index (χ1n) is 14.4. The van der Waals surface area contributed by atoms with Gasteiger partial charge in [0.25, 0.3) is 0 Å². The summed E-state index contributed by atoms with van der Waals surface area (Å²) >= 11 is 0. The third-order valence-electron chi connectivity index (χ3n) is 7.16. The summed E-state index contributed by atoms with van der Waals surface area (Å²) < 4.78 is 10.7. The van der Waals surface area contributed by atoms with Gasteiger partial charge in [-0.05, 0) is 80.5 Å². The van der Waals surface area contributed by atoms with Gasteiger partial charge in [-0.15, -0.1) is 0 Å². The molecule has 0 saturated carbocycles. The van der Waals surface area contributed by atoms with Crippen molar-refractivity contribution in [2.24, 2.45) is 17.3 Å². The van der Waals surface area contributed by atoms with E-state index < -0.39 is 24.0 Å². The molecule has 0 spiro atoms. The number of hydrogen-bond donors (Lipinski definition) is 2. The normalized spacial score (nSPS) is 12.3. The van der Waals surface area contributed by atoms with Crippen LogP contribution in [0.15, 0.2) is 60.7 Å². The van der Waals surface area contributed by atoms with E-state index >= 15 is 0 Å². The number of benzene rings is 2. The number of aliphatic hydroxyl groups is 2. The first-order chi connectivity index (χ1) is 19.0. The van der Waals surface area contributed by atoms with Crippen LogP contribution < -0.4 is 0 Å². The van der Waals surface area contributed by atoms with E-state index in [1.165, 1.54) is 29.5 Å². The average Bonchev–Trinajstić information content (AvgIpc) is 2.95. The molecule has 1 unspecified atom stereocenters. The first-order valence-corrected chi connectivity index (χ1v) is 14.4. The zero-order chi connectivity index (χ0) is 29.5. The second-order valence-corrected chi connectivity index (χ2v) is 11.8. The summed E-state index contributed by atoms with van der Waals surface area (Å²) in [5.41, 5.74) is 4.15. The fourth-order valence-corrected chi connectivity index (χ4v) is 4.15. The lowest BCUT2D eigenvalue weighted by Crippen LogP contribution is -2.32. The van der Waals surface area contributed by atoms with Gasteiger partial charge in [0.15, 0.2) is 0 Å². The van der Waals surface area contributed by atoms with E-state index in [0.717, 1.165) is 37.2 Å². The van der Waals surface area contributed by atoms with E-state index in [2.05, 4.69) is 69.0 Å². The molecule has 0 aliphatic carbocycles. The zero-order valence-electron chi connectivity index (χ0n) is 24.8. The van der Waals surface area contributed by atoms with Gasteiger partial charge in [0.05, 0.1) is 37.4 Å². The van der Waals surface area contributed by atoms with Gasteiger partial charge in [-0.25, -0.2) is 4.79 Å². The maximum absolute atomic E-state index is 12.3. The number of carbonyl (C=O) groups is 2. The van der Waals surface area contributed by atoms with Crippen LogP contribution in [0.1, 0.15) is 69.2 Å². The lowest BCUT2D eigenvalue weighted by molar-refractivity contribution is -0.158. The largest absolute Gasteiger partial charge is 0.465 e. The Hall–Kier alpha value is -2.96. The van der Waals surface area contributed by atoms with Gasteiger partial charge in [-0.2, -0.15) is 0 Å². The predicted octanol–water partition coefficient (Wildman–Crippen LogP) is 5.65. The summed E-state index contributed by atoms with van der Waals surface area (Å²) in [5, 5.41) is 18.5. The maximum atomic E-state index is 12.3. The molecule has 0 radical (unpaired) electrons. The SMILES string of the molecule is C=C(CO)C(=O)OCC(CCc1ccc(CCc2ccc(CCCC(C)C)cc2)cc1)COC(=O)C(C)(C)CO. The molecule has 0 heterocycles. The zero-order valence-corrected chi connectivity index (χ0v) is 24.8. The molecule has 40 heavy (non-hydrogen) atoms. The highest BCUT2D eigenvalue weighted by Gasteiger charge is 2.29. The Kier molecular flexibility index (Phi) is 14.1. The van der Waals surface area contributed by atoms with Crippen molar-refractivity contribution >= 4 is 11.9 Å². The molecule has 0 aromatic heterocycles. The highest BCUT2D eigenvalue weighted by atomic mass is 16.5. The lowest BCUT2D eigenvalue weighted by Gasteiger charge is -2.22. The van der Waals surface area contributed by atoms with Crippen molar-refractivity contribution < 1.29 is 29.3 Å². The summed E-state index contributed by atoms with van der Waals surface area (Å²) in [6, 6.07) is 17.5. The average molecular weight is 553 g/mol. The monoisotopic (exact) mass is 552 g/mol. The molecule has 0 aliphatic rings. The topological polar surface area (TPSA) is 93.1 Å². The third-order valence-corrected chi connectivity index (χ3v) is 7.16. The highest BCUT2D eigenvalue weighted by Crippen LogP contribution is 2.19. The quantitative estimate of drug-likeness (QED) is 0.183. The van der Waals surface area contributed by atoms with Gasteiger partial charge < -0.3 is 19.7 Å². The molecule has 0 saturated heterocycles. The van der Waals surface area contributed by atoms with Gasteiger partial charge in [0.2, 0.25) is 0 Å². The Labute approximate surface area is 240 Å². The number of ether oxygens (including phenoxy) is 2.